The molecule has 7 N–H and O–H groups in total. The Morgan fingerprint density at radius 3 is 2.32 bits per heavy atom. The minimum atomic E-state index is -2.70. The minimum absolute atomic E-state index is 0.00698. The maximum Gasteiger partial charge on any atom is 0.255 e. The summed E-state index contributed by atoms with van der Waals surface area (Å²) in [5.74, 6) is -7.36. The van der Waals surface area contributed by atoms with Gasteiger partial charge in [0.15, 0.2) is 11.4 Å². The number of benzene rings is 1. The quantitative estimate of drug-likeness (QED) is 0.279. The number of phenols is 1. The zero-order valence-electron chi connectivity index (χ0n) is 21.8. The summed E-state index contributed by atoms with van der Waals surface area (Å²) in [5.41, 5.74) is 2.87. The normalized spacial score (nSPS) is 26.7. The number of primary amides is 1. The lowest BCUT2D eigenvalue weighted by atomic mass is 9.58. The summed E-state index contributed by atoms with van der Waals surface area (Å²) < 4.78 is 0. The molecule has 1 aromatic carbocycles. The fourth-order valence-electron chi connectivity index (χ4n) is 6.11. The number of nitrogens with two attached hydrogens (primary N) is 1. The van der Waals surface area contributed by atoms with Gasteiger partial charge in [-0.2, -0.15) is 0 Å². The highest BCUT2D eigenvalue weighted by Crippen LogP contribution is 2.53. The van der Waals surface area contributed by atoms with Gasteiger partial charge in [-0.25, -0.2) is 0 Å². The molecule has 0 saturated carbocycles. The molecule has 3 aliphatic carbocycles. The van der Waals surface area contributed by atoms with Crippen molar-refractivity contribution in [3.63, 3.8) is 0 Å². The highest BCUT2D eigenvalue weighted by Gasteiger charge is 2.63. The Balaban J connectivity index is 1.96. The molecule has 2 unspecified atom stereocenters. The van der Waals surface area contributed by atoms with Crippen LogP contribution in [-0.2, 0) is 27.3 Å². The van der Waals surface area contributed by atoms with Crippen molar-refractivity contribution in [2.24, 2.45) is 17.6 Å². The summed E-state index contributed by atoms with van der Waals surface area (Å²) in [6, 6.07) is 0.619. The van der Waals surface area contributed by atoms with Gasteiger partial charge in [0.1, 0.15) is 22.8 Å². The average Bonchev–Trinajstić information content (AvgIpc) is 2.80. The SMILES string of the molecule is CC(=O)NCc1cc(N(C)C)c2c(c1O)C(=O)C1=C(O)[C@]3(O)C(=O)C(C(N)=O)=C(O)[C@H](N(C)C)C3CC1C2. The molecule has 204 valence electrons. The lowest BCUT2D eigenvalue weighted by Gasteiger charge is -2.50. The Bertz CT molecular complexity index is 1340. The first-order valence-electron chi connectivity index (χ1n) is 12.1. The fraction of sp³-hybridized carbons (Fsp3) is 0.462. The molecule has 0 radical (unpaired) electrons. The van der Waals surface area contributed by atoms with E-state index in [1.165, 1.54) is 11.8 Å². The lowest BCUT2D eigenvalue weighted by molar-refractivity contribution is -0.148. The highest BCUT2D eigenvalue weighted by atomic mass is 16.3. The summed E-state index contributed by atoms with van der Waals surface area (Å²) in [7, 11) is 6.67. The third-order valence-corrected chi connectivity index (χ3v) is 7.79. The maximum absolute atomic E-state index is 13.9. The number of amides is 2. The zero-order valence-corrected chi connectivity index (χ0v) is 21.8. The van der Waals surface area contributed by atoms with E-state index in [0.29, 0.717) is 11.3 Å². The average molecular weight is 529 g/mol. The molecular formula is C26H32N4O8. The van der Waals surface area contributed by atoms with Crippen molar-refractivity contribution in [2.45, 2.75) is 38.0 Å². The van der Waals surface area contributed by atoms with Gasteiger partial charge in [-0.15, -0.1) is 0 Å². The number of likely N-dealkylation sites (N-methyl/N-ethyl adjacent to an activating group) is 1. The molecule has 12 nitrogen and oxygen atoms in total. The van der Waals surface area contributed by atoms with Crippen LogP contribution in [0.3, 0.4) is 0 Å². The summed E-state index contributed by atoms with van der Waals surface area (Å²) >= 11 is 0. The van der Waals surface area contributed by atoms with Crippen molar-refractivity contribution < 1.29 is 39.6 Å². The van der Waals surface area contributed by atoms with Crippen molar-refractivity contribution >= 4 is 29.1 Å². The number of nitrogens with one attached hydrogen (secondary N) is 1. The number of carbonyl (C=O) groups is 4. The van der Waals surface area contributed by atoms with Crippen LogP contribution in [0.25, 0.3) is 0 Å². The molecule has 4 rings (SSSR count). The highest BCUT2D eigenvalue weighted by molar-refractivity contribution is 6.25. The van der Waals surface area contributed by atoms with Gasteiger partial charge in [0, 0.05) is 50.3 Å². The van der Waals surface area contributed by atoms with Crippen molar-refractivity contribution in [1.82, 2.24) is 10.2 Å². The number of ketones is 2. The minimum Gasteiger partial charge on any atom is -0.510 e. The Kier molecular flexibility index (Phi) is 6.53. The number of nitrogens with zero attached hydrogens (tertiary/aromatic N) is 2. The van der Waals surface area contributed by atoms with Crippen LogP contribution in [0.4, 0.5) is 5.69 Å². The van der Waals surface area contributed by atoms with Gasteiger partial charge in [-0.1, -0.05) is 0 Å². The van der Waals surface area contributed by atoms with Crippen LogP contribution in [0, 0.1) is 11.8 Å². The van der Waals surface area contributed by atoms with Crippen molar-refractivity contribution in [2.75, 3.05) is 33.1 Å². The summed E-state index contributed by atoms with van der Waals surface area (Å²) in [5, 5.41) is 47.6. The number of anilines is 1. The van der Waals surface area contributed by atoms with E-state index in [9.17, 15) is 39.6 Å². The van der Waals surface area contributed by atoms with Crippen molar-refractivity contribution in [3.8, 4) is 5.75 Å². The van der Waals surface area contributed by atoms with Crippen LogP contribution in [0.5, 0.6) is 5.75 Å². The molecule has 0 aromatic heterocycles. The molecule has 4 atom stereocenters. The number of aliphatic hydroxyl groups excluding tert-OH is 2. The molecule has 0 spiro atoms. The second-order valence-corrected chi connectivity index (χ2v) is 10.5. The number of allylic oxidation sites excluding steroid dienone is 1. The van der Waals surface area contributed by atoms with Crippen LogP contribution < -0.4 is 16.0 Å². The number of Topliss-reactive ketones (excluding diaryl/α,β-unsaturated/α-hetero) is 2. The van der Waals surface area contributed by atoms with E-state index in [1.807, 2.05) is 0 Å². The Labute approximate surface area is 219 Å². The molecule has 0 bridgehead atoms. The maximum atomic E-state index is 13.9. The van der Waals surface area contributed by atoms with Crippen molar-refractivity contribution in [1.29, 1.82) is 0 Å². The van der Waals surface area contributed by atoms with E-state index in [-0.39, 0.29) is 47.7 Å². The molecule has 2 amide bonds. The Morgan fingerprint density at radius 1 is 1.16 bits per heavy atom. The van der Waals surface area contributed by atoms with Gasteiger partial charge in [-0.3, -0.25) is 24.1 Å². The van der Waals surface area contributed by atoms with Crippen LogP contribution in [0.15, 0.2) is 28.7 Å². The van der Waals surface area contributed by atoms with Gasteiger partial charge in [0.2, 0.25) is 11.7 Å². The molecule has 0 aliphatic heterocycles. The van der Waals surface area contributed by atoms with E-state index >= 15 is 0 Å². The van der Waals surface area contributed by atoms with Gasteiger partial charge in [0.05, 0.1) is 11.6 Å². The number of carbonyl (C=O) groups excluding carboxylic acids is 4. The number of aromatic hydroxyl groups is 1. The fourth-order valence-corrected chi connectivity index (χ4v) is 6.11. The number of phenolic OH excluding ortho intramolecular Hbond substituents is 1. The molecule has 0 fully saturated rings. The molecule has 0 heterocycles. The Hall–Kier alpha value is -3.90. The van der Waals surface area contributed by atoms with Gasteiger partial charge in [-0.05, 0) is 44.5 Å². The summed E-state index contributed by atoms with van der Waals surface area (Å²) in [4.78, 5) is 54.1. The van der Waals surface area contributed by atoms with Gasteiger partial charge < -0.3 is 36.4 Å². The molecule has 38 heavy (non-hydrogen) atoms. The second kappa shape index (κ2) is 9.14. The lowest BCUT2D eigenvalue weighted by Crippen LogP contribution is -2.63. The van der Waals surface area contributed by atoms with E-state index in [4.69, 9.17) is 5.73 Å². The van der Waals surface area contributed by atoms with E-state index in [2.05, 4.69) is 5.32 Å². The van der Waals surface area contributed by atoms with Crippen LogP contribution >= 0.6 is 0 Å². The summed E-state index contributed by atoms with van der Waals surface area (Å²) in [6.07, 6.45) is 0.184. The second-order valence-electron chi connectivity index (χ2n) is 10.5. The zero-order chi connectivity index (χ0) is 28.4. The smallest absolute Gasteiger partial charge is 0.255 e. The van der Waals surface area contributed by atoms with E-state index < -0.39 is 58.0 Å². The van der Waals surface area contributed by atoms with Crippen LogP contribution in [0.1, 0.15) is 34.8 Å². The molecule has 0 saturated heterocycles. The van der Waals surface area contributed by atoms with Gasteiger partial charge in [0.25, 0.3) is 5.91 Å². The number of aliphatic hydroxyl groups is 3. The van der Waals surface area contributed by atoms with E-state index in [1.54, 1.807) is 39.2 Å². The number of hydrogen-bond donors (Lipinski definition) is 6. The number of fused-ring (bicyclic) bond motifs is 3. The monoisotopic (exact) mass is 528 g/mol. The van der Waals surface area contributed by atoms with Crippen LogP contribution in [-0.4, -0.2) is 88.5 Å². The molecule has 12 heteroatoms. The third-order valence-electron chi connectivity index (χ3n) is 7.79. The number of hydrogen-bond acceptors (Lipinski definition) is 10. The predicted octanol–water partition coefficient (Wildman–Crippen LogP) is -0.177. The molecular weight excluding hydrogens is 496 g/mol. The number of rotatable bonds is 5. The first-order chi connectivity index (χ1) is 17.6. The van der Waals surface area contributed by atoms with Crippen molar-refractivity contribution in [3.05, 3.63) is 45.4 Å². The predicted molar refractivity (Wildman–Crippen MR) is 136 cm³/mol. The van der Waals surface area contributed by atoms with E-state index in [0.717, 1.165) is 0 Å². The third kappa shape index (κ3) is 3.74. The van der Waals surface area contributed by atoms with Gasteiger partial charge >= 0.3 is 0 Å². The molecule has 1 aromatic rings. The Morgan fingerprint density at radius 2 is 1.79 bits per heavy atom. The largest absolute Gasteiger partial charge is 0.510 e. The molecule has 3 aliphatic rings. The van der Waals surface area contributed by atoms with Crippen LogP contribution in [0.2, 0.25) is 0 Å². The first-order valence-corrected chi connectivity index (χ1v) is 12.1. The topological polar surface area (TPSA) is 194 Å². The first kappa shape index (κ1) is 27.1. The summed E-state index contributed by atoms with van der Waals surface area (Å²) in [6.45, 7) is 1.26. The standard InChI is InChI=1S/C26H32N4O8/c1-10(31)28-9-12-8-15(29(2)3)13-6-11-7-14-19(30(4)5)22(34)18(25(27)37)24(36)26(14,38)23(35)16(11)21(33)17(13)20(12)32/h8,11,14,19,32,34-35,38H,6-7,9H2,1-5H3,(H2,27,37)(H,28,31)/t11?,14?,19-,26+/m1/s1.